The Bertz CT molecular complexity index is 823. The fraction of sp³-hybridized carbons (Fsp3) is 0.235. The molecule has 0 atom stereocenters. The number of aryl methyl sites for hydroxylation is 1. The highest BCUT2D eigenvalue weighted by Crippen LogP contribution is 2.12. The minimum Gasteiger partial charge on any atom is -0.455 e. The van der Waals surface area contributed by atoms with Gasteiger partial charge in [-0.05, 0) is 24.1 Å². The molecule has 3 aromatic rings. The molecule has 0 aliphatic carbocycles. The second kappa shape index (κ2) is 7.27. The summed E-state index contributed by atoms with van der Waals surface area (Å²) in [6.45, 7) is 1.76. The first-order chi connectivity index (χ1) is 11.6. The summed E-state index contributed by atoms with van der Waals surface area (Å²) in [6.07, 6.45) is 4.64. The van der Waals surface area contributed by atoms with Gasteiger partial charge >= 0.3 is 5.97 Å². The minimum atomic E-state index is -0.475. The molecule has 2 aromatic heterocycles. The second-order valence-corrected chi connectivity index (χ2v) is 6.13. The minimum absolute atomic E-state index is 0.0485. The smallest absolute Gasteiger partial charge is 0.312 e. The zero-order valence-electron chi connectivity index (χ0n) is 13.2. The Kier molecular flexibility index (Phi) is 4.90. The number of carbonyl (C=O) groups excluding carboxylic acids is 2. The van der Waals surface area contributed by atoms with Crippen molar-refractivity contribution in [1.82, 2.24) is 9.38 Å². The Morgan fingerprint density at radius 3 is 2.79 bits per heavy atom. The predicted octanol–water partition coefficient (Wildman–Crippen LogP) is 2.68. The quantitative estimate of drug-likeness (QED) is 0.699. The average Bonchev–Trinajstić information content (AvgIpc) is 3.15. The maximum absolute atomic E-state index is 11.8. The number of benzene rings is 1. The van der Waals surface area contributed by atoms with E-state index in [2.05, 4.69) is 17.2 Å². The summed E-state index contributed by atoms with van der Waals surface area (Å²) in [5.41, 5.74) is 2.50. The molecular formula is C17H17N3O3S. The molecule has 0 radical (unpaired) electrons. The second-order valence-electron chi connectivity index (χ2n) is 5.26. The summed E-state index contributed by atoms with van der Waals surface area (Å²) in [4.78, 5) is 28.7. The van der Waals surface area contributed by atoms with Crippen LogP contribution in [0.2, 0.25) is 0 Å². The Morgan fingerprint density at radius 2 is 2.08 bits per heavy atom. The topological polar surface area (TPSA) is 72.7 Å². The molecule has 0 saturated heterocycles. The summed E-state index contributed by atoms with van der Waals surface area (Å²) in [6, 6.07) is 7.56. The number of anilines is 1. The SMILES string of the molecule is CCc1ccc(NC(=O)COC(=O)Cc2cn3ccsc3n2)cc1. The third-order valence-electron chi connectivity index (χ3n) is 3.48. The predicted molar refractivity (Wildman–Crippen MR) is 92.2 cm³/mol. The lowest BCUT2D eigenvalue weighted by molar-refractivity contribution is -0.146. The largest absolute Gasteiger partial charge is 0.455 e. The molecule has 3 rings (SSSR count). The van der Waals surface area contributed by atoms with E-state index in [1.54, 1.807) is 6.20 Å². The van der Waals surface area contributed by atoms with E-state index in [0.29, 0.717) is 11.4 Å². The van der Waals surface area contributed by atoms with Crippen molar-refractivity contribution in [3.63, 3.8) is 0 Å². The number of fused-ring (bicyclic) bond motifs is 1. The third kappa shape index (κ3) is 3.99. The van der Waals surface area contributed by atoms with E-state index in [-0.39, 0.29) is 18.9 Å². The molecule has 1 amide bonds. The van der Waals surface area contributed by atoms with Crippen LogP contribution in [-0.2, 0) is 27.2 Å². The fourth-order valence-corrected chi connectivity index (χ4v) is 2.95. The standard InChI is InChI=1S/C17H17N3O3S/c1-2-12-3-5-13(6-4-12)18-15(21)11-23-16(22)9-14-10-20-7-8-24-17(20)19-14/h3-8,10H,2,9,11H2,1H3,(H,18,21). The van der Waals surface area contributed by atoms with Crippen molar-refractivity contribution in [2.24, 2.45) is 0 Å². The maximum atomic E-state index is 11.8. The molecule has 0 fully saturated rings. The van der Waals surface area contributed by atoms with Gasteiger partial charge in [0.05, 0.1) is 12.1 Å². The molecule has 24 heavy (non-hydrogen) atoms. The van der Waals surface area contributed by atoms with Crippen molar-refractivity contribution in [2.45, 2.75) is 19.8 Å². The molecule has 2 heterocycles. The first kappa shape index (κ1) is 16.2. The van der Waals surface area contributed by atoms with Gasteiger partial charge in [-0.15, -0.1) is 11.3 Å². The Morgan fingerprint density at radius 1 is 1.29 bits per heavy atom. The van der Waals surface area contributed by atoms with E-state index in [1.807, 2.05) is 40.2 Å². The monoisotopic (exact) mass is 343 g/mol. The molecule has 6 nitrogen and oxygen atoms in total. The number of nitrogens with one attached hydrogen (secondary N) is 1. The van der Waals surface area contributed by atoms with E-state index in [0.717, 1.165) is 11.4 Å². The normalized spacial score (nSPS) is 10.7. The molecule has 0 spiro atoms. The van der Waals surface area contributed by atoms with Crippen LogP contribution in [0.15, 0.2) is 42.0 Å². The van der Waals surface area contributed by atoms with Gasteiger partial charge in [0, 0.05) is 23.5 Å². The lowest BCUT2D eigenvalue weighted by Crippen LogP contribution is -2.21. The van der Waals surface area contributed by atoms with Crippen molar-refractivity contribution in [3.8, 4) is 0 Å². The molecule has 0 bridgehead atoms. The number of aromatic nitrogens is 2. The molecular weight excluding hydrogens is 326 g/mol. The average molecular weight is 343 g/mol. The van der Waals surface area contributed by atoms with Gasteiger partial charge in [0.25, 0.3) is 5.91 Å². The Hall–Kier alpha value is -2.67. The molecule has 1 N–H and O–H groups in total. The number of nitrogens with zero attached hydrogens (tertiary/aromatic N) is 2. The van der Waals surface area contributed by atoms with Crippen LogP contribution in [0.5, 0.6) is 0 Å². The van der Waals surface area contributed by atoms with Crippen LogP contribution < -0.4 is 5.32 Å². The van der Waals surface area contributed by atoms with Crippen LogP contribution in [-0.4, -0.2) is 27.9 Å². The van der Waals surface area contributed by atoms with E-state index in [1.165, 1.54) is 16.9 Å². The van der Waals surface area contributed by atoms with Gasteiger partial charge < -0.3 is 10.1 Å². The van der Waals surface area contributed by atoms with E-state index in [4.69, 9.17) is 4.74 Å². The molecule has 124 valence electrons. The van der Waals surface area contributed by atoms with Gasteiger partial charge in [-0.3, -0.25) is 14.0 Å². The zero-order valence-corrected chi connectivity index (χ0v) is 14.0. The van der Waals surface area contributed by atoms with Gasteiger partial charge in [0.1, 0.15) is 0 Å². The van der Waals surface area contributed by atoms with Gasteiger partial charge in [-0.25, -0.2) is 4.98 Å². The molecule has 1 aromatic carbocycles. The number of imidazole rings is 1. The highest BCUT2D eigenvalue weighted by atomic mass is 32.1. The summed E-state index contributed by atoms with van der Waals surface area (Å²) >= 11 is 1.49. The molecule has 0 aliphatic rings. The first-order valence-electron chi connectivity index (χ1n) is 7.59. The van der Waals surface area contributed by atoms with Gasteiger partial charge in [-0.2, -0.15) is 0 Å². The lowest BCUT2D eigenvalue weighted by Gasteiger charge is -2.06. The van der Waals surface area contributed by atoms with Crippen molar-refractivity contribution >= 4 is 33.9 Å². The van der Waals surface area contributed by atoms with E-state index in [9.17, 15) is 9.59 Å². The number of hydrogen-bond donors (Lipinski definition) is 1. The highest BCUT2D eigenvalue weighted by molar-refractivity contribution is 7.15. The summed E-state index contributed by atoms with van der Waals surface area (Å²) in [7, 11) is 0. The number of esters is 1. The van der Waals surface area contributed by atoms with E-state index < -0.39 is 5.97 Å². The summed E-state index contributed by atoms with van der Waals surface area (Å²) in [5, 5.41) is 4.61. The van der Waals surface area contributed by atoms with Crippen molar-refractivity contribution < 1.29 is 14.3 Å². The van der Waals surface area contributed by atoms with Crippen LogP contribution >= 0.6 is 11.3 Å². The Labute approximate surface area is 143 Å². The number of hydrogen-bond acceptors (Lipinski definition) is 5. The summed E-state index contributed by atoms with van der Waals surface area (Å²) < 4.78 is 6.85. The highest BCUT2D eigenvalue weighted by Gasteiger charge is 2.11. The van der Waals surface area contributed by atoms with Crippen molar-refractivity contribution in [2.75, 3.05) is 11.9 Å². The van der Waals surface area contributed by atoms with Crippen LogP contribution in [0.25, 0.3) is 4.96 Å². The summed E-state index contributed by atoms with van der Waals surface area (Å²) in [5.74, 6) is -0.837. The van der Waals surface area contributed by atoms with Crippen molar-refractivity contribution in [1.29, 1.82) is 0 Å². The molecule has 7 heteroatoms. The third-order valence-corrected chi connectivity index (χ3v) is 4.25. The number of ether oxygens (including phenoxy) is 1. The van der Waals surface area contributed by atoms with Gasteiger partial charge in [-0.1, -0.05) is 19.1 Å². The number of amides is 1. The van der Waals surface area contributed by atoms with Crippen LogP contribution in [0.1, 0.15) is 18.2 Å². The number of carbonyl (C=O) groups is 2. The van der Waals surface area contributed by atoms with Crippen LogP contribution in [0, 0.1) is 0 Å². The van der Waals surface area contributed by atoms with Gasteiger partial charge in [0.15, 0.2) is 11.6 Å². The fourth-order valence-electron chi connectivity index (χ4n) is 2.23. The lowest BCUT2D eigenvalue weighted by atomic mass is 10.1. The maximum Gasteiger partial charge on any atom is 0.312 e. The number of rotatable bonds is 6. The Balaban J connectivity index is 1.46. The zero-order chi connectivity index (χ0) is 16.9. The van der Waals surface area contributed by atoms with Crippen molar-refractivity contribution in [3.05, 3.63) is 53.3 Å². The molecule has 0 saturated carbocycles. The molecule has 0 unspecified atom stereocenters. The van der Waals surface area contributed by atoms with Crippen LogP contribution in [0.4, 0.5) is 5.69 Å². The van der Waals surface area contributed by atoms with E-state index >= 15 is 0 Å². The first-order valence-corrected chi connectivity index (χ1v) is 8.47. The number of thiazole rings is 1. The van der Waals surface area contributed by atoms with Gasteiger partial charge in [0.2, 0.25) is 0 Å². The molecule has 0 aliphatic heterocycles. The van der Waals surface area contributed by atoms with Crippen LogP contribution in [0.3, 0.4) is 0 Å².